The average Bonchev–Trinajstić information content (AvgIpc) is 2.90. The Morgan fingerprint density at radius 3 is 2.80 bits per heavy atom. The monoisotopic (exact) mass is 285 g/mol. The van der Waals surface area contributed by atoms with Crippen molar-refractivity contribution in [2.75, 3.05) is 40.1 Å². The standard InChI is InChI=1S/C16H31NO3/c1-18-12-13-19-10-5-4-9-17-15-6-11-20-16(14-15)7-2-3-8-16/h15,17H,2-14H2,1H3. The minimum Gasteiger partial charge on any atom is -0.382 e. The van der Waals surface area contributed by atoms with Crippen LogP contribution >= 0.6 is 0 Å². The van der Waals surface area contributed by atoms with E-state index in [1.807, 2.05) is 0 Å². The van der Waals surface area contributed by atoms with Crippen molar-refractivity contribution in [3.8, 4) is 0 Å². The van der Waals surface area contributed by atoms with Gasteiger partial charge >= 0.3 is 0 Å². The number of ether oxygens (including phenoxy) is 3. The molecule has 0 aromatic carbocycles. The van der Waals surface area contributed by atoms with Gasteiger partial charge in [0.05, 0.1) is 18.8 Å². The molecular formula is C16H31NO3. The molecule has 4 heteroatoms. The summed E-state index contributed by atoms with van der Waals surface area (Å²) in [5.41, 5.74) is 0.235. The lowest BCUT2D eigenvalue weighted by atomic mass is 9.89. The zero-order valence-corrected chi connectivity index (χ0v) is 13.0. The molecule has 1 aliphatic heterocycles. The van der Waals surface area contributed by atoms with Crippen molar-refractivity contribution in [1.29, 1.82) is 0 Å². The molecule has 2 aliphatic rings. The smallest absolute Gasteiger partial charge is 0.0700 e. The SMILES string of the molecule is COCCOCCCCNC1CCOC2(CCCC2)C1. The van der Waals surface area contributed by atoms with E-state index in [-0.39, 0.29) is 5.60 Å². The van der Waals surface area contributed by atoms with Gasteiger partial charge in [-0.3, -0.25) is 0 Å². The van der Waals surface area contributed by atoms with E-state index in [1.54, 1.807) is 7.11 Å². The Morgan fingerprint density at radius 2 is 2.00 bits per heavy atom. The fourth-order valence-corrected chi connectivity index (χ4v) is 3.45. The number of nitrogens with one attached hydrogen (secondary N) is 1. The summed E-state index contributed by atoms with van der Waals surface area (Å²) < 4.78 is 16.5. The summed E-state index contributed by atoms with van der Waals surface area (Å²) in [6, 6.07) is 0.663. The van der Waals surface area contributed by atoms with Gasteiger partial charge < -0.3 is 19.5 Å². The van der Waals surface area contributed by atoms with Gasteiger partial charge in [0.1, 0.15) is 0 Å². The second-order valence-electron chi connectivity index (χ2n) is 6.19. The summed E-state index contributed by atoms with van der Waals surface area (Å²) in [6.07, 6.45) is 9.97. The first kappa shape index (κ1) is 16.2. The molecule has 2 fully saturated rings. The van der Waals surface area contributed by atoms with Crippen molar-refractivity contribution in [2.45, 2.75) is 63.0 Å². The maximum absolute atomic E-state index is 6.07. The van der Waals surface area contributed by atoms with Crippen LogP contribution in [0, 0.1) is 0 Å². The maximum atomic E-state index is 6.07. The lowest BCUT2D eigenvalue weighted by Crippen LogP contribution is -2.45. The predicted molar refractivity (Wildman–Crippen MR) is 80.1 cm³/mol. The van der Waals surface area contributed by atoms with Gasteiger partial charge in [-0.2, -0.15) is 0 Å². The molecule has 2 rings (SSSR count). The highest BCUT2D eigenvalue weighted by Crippen LogP contribution is 2.39. The molecule has 4 nitrogen and oxygen atoms in total. The predicted octanol–water partition coefficient (Wildman–Crippen LogP) is 2.51. The molecule has 0 aromatic rings. The van der Waals surface area contributed by atoms with Gasteiger partial charge in [0.2, 0.25) is 0 Å². The minimum absolute atomic E-state index is 0.235. The number of hydrogen-bond acceptors (Lipinski definition) is 4. The molecule has 1 atom stereocenters. The average molecular weight is 285 g/mol. The van der Waals surface area contributed by atoms with Crippen molar-refractivity contribution in [3.05, 3.63) is 0 Å². The number of unbranched alkanes of at least 4 members (excludes halogenated alkanes) is 1. The van der Waals surface area contributed by atoms with Crippen LogP contribution in [0.1, 0.15) is 51.4 Å². The largest absolute Gasteiger partial charge is 0.382 e. The van der Waals surface area contributed by atoms with Crippen LogP contribution in [0.3, 0.4) is 0 Å². The van der Waals surface area contributed by atoms with Gasteiger partial charge in [-0.1, -0.05) is 12.8 Å². The van der Waals surface area contributed by atoms with Crippen LogP contribution in [0.25, 0.3) is 0 Å². The minimum atomic E-state index is 0.235. The van der Waals surface area contributed by atoms with E-state index in [2.05, 4.69) is 5.32 Å². The first-order valence-corrected chi connectivity index (χ1v) is 8.29. The molecule has 0 bridgehead atoms. The summed E-state index contributed by atoms with van der Waals surface area (Å²) in [5, 5.41) is 3.71. The molecule has 1 heterocycles. The highest BCUT2D eigenvalue weighted by molar-refractivity contribution is 4.93. The Morgan fingerprint density at radius 1 is 1.15 bits per heavy atom. The second-order valence-corrected chi connectivity index (χ2v) is 6.19. The Bertz CT molecular complexity index is 254. The van der Waals surface area contributed by atoms with E-state index >= 15 is 0 Å². The highest BCUT2D eigenvalue weighted by Gasteiger charge is 2.39. The molecule has 1 saturated heterocycles. The fraction of sp³-hybridized carbons (Fsp3) is 1.00. The van der Waals surface area contributed by atoms with Gasteiger partial charge in [-0.15, -0.1) is 0 Å². The molecule has 1 spiro atoms. The molecule has 1 saturated carbocycles. The van der Waals surface area contributed by atoms with Crippen molar-refractivity contribution < 1.29 is 14.2 Å². The van der Waals surface area contributed by atoms with Crippen LogP contribution < -0.4 is 5.32 Å². The lowest BCUT2D eigenvalue weighted by molar-refractivity contribution is -0.0835. The summed E-state index contributed by atoms with van der Waals surface area (Å²) in [6.45, 7) is 4.31. The topological polar surface area (TPSA) is 39.7 Å². The molecule has 1 unspecified atom stereocenters. The molecule has 20 heavy (non-hydrogen) atoms. The number of rotatable bonds is 9. The Balaban J connectivity index is 1.49. The van der Waals surface area contributed by atoms with Crippen LogP contribution in [-0.2, 0) is 14.2 Å². The first-order chi connectivity index (χ1) is 9.85. The summed E-state index contributed by atoms with van der Waals surface area (Å²) in [7, 11) is 1.71. The molecule has 0 amide bonds. The van der Waals surface area contributed by atoms with Gasteiger partial charge in [0.25, 0.3) is 0 Å². The Kier molecular flexibility index (Phi) is 7.28. The van der Waals surface area contributed by atoms with Crippen LogP contribution in [0.5, 0.6) is 0 Å². The molecule has 0 radical (unpaired) electrons. The van der Waals surface area contributed by atoms with Crippen LogP contribution in [0.15, 0.2) is 0 Å². The molecule has 1 aliphatic carbocycles. The van der Waals surface area contributed by atoms with Crippen LogP contribution in [0.4, 0.5) is 0 Å². The van der Waals surface area contributed by atoms with E-state index in [1.165, 1.54) is 44.9 Å². The van der Waals surface area contributed by atoms with E-state index in [0.29, 0.717) is 19.3 Å². The van der Waals surface area contributed by atoms with Crippen LogP contribution in [0.2, 0.25) is 0 Å². The molecular weight excluding hydrogens is 254 g/mol. The van der Waals surface area contributed by atoms with Gasteiger partial charge in [-0.25, -0.2) is 0 Å². The highest BCUT2D eigenvalue weighted by atomic mass is 16.5. The Hall–Kier alpha value is -0.160. The fourth-order valence-electron chi connectivity index (χ4n) is 3.45. The molecule has 1 N–H and O–H groups in total. The van der Waals surface area contributed by atoms with Crippen molar-refractivity contribution in [1.82, 2.24) is 5.32 Å². The Labute approximate surface area is 123 Å². The third-order valence-electron chi connectivity index (χ3n) is 4.59. The zero-order chi connectivity index (χ0) is 14.1. The summed E-state index contributed by atoms with van der Waals surface area (Å²) in [4.78, 5) is 0. The summed E-state index contributed by atoms with van der Waals surface area (Å²) >= 11 is 0. The van der Waals surface area contributed by atoms with Crippen molar-refractivity contribution >= 4 is 0 Å². The second kappa shape index (κ2) is 8.98. The normalized spacial score (nSPS) is 25.4. The van der Waals surface area contributed by atoms with E-state index in [9.17, 15) is 0 Å². The lowest BCUT2D eigenvalue weighted by Gasteiger charge is -2.38. The number of methoxy groups -OCH3 is 1. The molecule has 118 valence electrons. The third-order valence-corrected chi connectivity index (χ3v) is 4.59. The van der Waals surface area contributed by atoms with E-state index in [0.717, 1.165) is 26.2 Å². The maximum Gasteiger partial charge on any atom is 0.0700 e. The van der Waals surface area contributed by atoms with Gasteiger partial charge in [-0.05, 0) is 45.1 Å². The van der Waals surface area contributed by atoms with Crippen LogP contribution in [-0.4, -0.2) is 51.7 Å². The van der Waals surface area contributed by atoms with Crippen molar-refractivity contribution in [3.63, 3.8) is 0 Å². The van der Waals surface area contributed by atoms with Crippen molar-refractivity contribution in [2.24, 2.45) is 0 Å². The van der Waals surface area contributed by atoms with E-state index < -0.39 is 0 Å². The van der Waals surface area contributed by atoms with E-state index in [4.69, 9.17) is 14.2 Å². The first-order valence-electron chi connectivity index (χ1n) is 8.29. The third kappa shape index (κ3) is 5.32. The number of hydrogen-bond donors (Lipinski definition) is 1. The molecule has 0 aromatic heterocycles. The zero-order valence-electron chi connectivity index (χ0n) is 13.0. The van der Waals surface area contributed by atoms with Gasteiger partial charge in [0.15, 0.2) is 0 Å². The summed E-state index contributed by atoms with van der Waals surface area (Å²) in [5.74, 6) is 0. The van der Waals surface area contributed by atoms with Gasteiger partial charge in [0, 0.05) is 26.4 Å². The quantitative estimate of drug-likeness (QED) is 0.661.